The van der Waals surface area contributed by atoms with Crippen LogP contribution in [0.5, 0.6) is 0 Å². The summed E-state index contributed by atoms with van der Waals surface area (Å²) in [5.41, 5.74) is 8.24. The van der Waals surface area contributed by atoms with Crippen LogP contribution in [0.1, 0.15) is 28.3 Å². The molecular formula is C22H24N4O2. The molecule has 0 unspecified atom stereocenters. The molecule has 1 aromatic carbocycles. The second-order valence-electron chi connectivity index (χ2n) is 7.70. The molecule has 1 amide bonds. The van der Waals surface area contributed by atoms with Crippen LogP contribution in [0.2, 0.25) is 0 Å². The second-order valence-corrected chi connectivity index (χ2v) is 7.70. The molecule has 2 N–H and O–H groups in total. The smallest absolute Gasteiger partial charge is 0.210 e. The van der Waals surface area contributed by atoms with Crippen LogP contribution in [-0.4, -0.2) is 47.6 Å². The molecule has 1 saturated heterocycles. The Kier molecular flexibility index (Phi) is 4.37. The molecule has 4 heterocycles. The lowest BCUT2D eigenvalue weighted by Crippen LogP contribution is -2.37. The number of fused-ring (bicyclic) bond motifs is 2. The van der Waals surface area contributed by atoms with Crippen LogP contribution in [0.15, 0.2) is 30.6 Å². The van der Waals surface area contributed by atoms with Gasteiger partial charge in [-0.1, -0.05) is 6.07 Å². The lowest BCUT2D eigenvalue weighted by Gasteiger charge is -2.32. The van der Waals surface area contributed by atoms with Gasteiger partial charge in [0.2, 0.25) is 6.41 Å². The van der Waals surface area contributed by atoms with Gasteiger partial charge >= 0.3 is 0 Å². The van der Waals surface area contributed by atoms with Gasteiger partial charge in [0.1, 0.15) is 5.65 Å². The Labute approximate surface area is 163 Å². The zero-order valence-electron chi connectivity index (χ0n) is 16.0. The van der Waals surface area contributed by atoms with Crippen LogP contribution in [0, 0.1) is 6.92 Å². The molecule has 3 aromatic rings. The van der Waals surface area contributed by atoms with Gasteiger partial charge in [0.15, 0.2) is 0 Å². The lowest BCUT2D eigenvalue weighted by molar-refractivity contribution is -0.118. The number of ether oxygens (including phenoxy) is 1. The summed E-state index contributed by atoms with van der Waals surface area (Å²) in [7, 11) is 0. The fraction of sp³-hybridized carbons (Fsp3) is 0.364. The monoisotopic (exact) mass is 376 g/mol. The van der Waals surface area contributed by atoms with Crippen molar-refractivity contribution in [1.82, 2.24) is 20.2 Å². The van der Waals surface area contributed by atoms with E-state index in [1.54, 1.807) is 0 Å². The molecular weight excluding hydrogens is 352 g/mol. The molecule has 0 saturated carbocycles. The van der Waals surface area contributed by atoms with E-state index in [-0.39, 0.29) is 6.04 Å². The first-order chi connectivity index (χ1) is 13.7. The Morgan fingerprint density at radius 1 is 1.29 bits per heavy atom. The first kappa shape index (κ1) is 17.4. The number of nitrogens with zero attached hydrogens (tertiary/aromatic N) is 2. The highest BCUT2D eigenvalue weighted by atomic mass is 16.5. The molecule has 5 rings (SSSR count). The molecule has 0 spiro atoms. The molecule has 0 bridgehead atoms. The minimum Gasteiger partial charge on any atom is -0.378 e. The van der Waals surface area contributed by atoms with Gasteiger partial charge in [0, 0.05) is 43.0 Å². The van der Waals surface area contributed by atoms with Crippen LogP contribution in [-0.2, 0) is 22.5 Å². The van der Waals surface area contributed by atoms with Gasteiger partial charge in [-0.05, 0) is 53.3 Å². The summed E-state index contributed by atoms with van der Waals surface area (Å²) in [6.07, 6.45) is 5.77. The number of aryl methyl sites for hydroxylation is 1. The topological polar surface area (TPSA) is 70.2 Å². The zero-order chi connectivity index (χ0) is 19.1. The largest absolute Gasteiger partial charge is 0.378 e. The number of aromatic nitrogens is 2. The SMILES string of the molecule is Cc1c[nH]c2ncc(-c3cc4c(c([C@@H]5COCCN5)c3)CN(C=O)CC4)cc12. The van der Waals surface area contributed by atoms with Gasteiger partial charge in [0.05, 0.1) is 19.3 Å². The van der Waals surface area contributed by atoms with Gasteiger partial charge < -0.3 is 19.9 Å². The second kappa shape index (κ2) is 7.04. The number of morpholine rings is 1. The number of rotatable bonds is 3. The lowest BCUT2D eigenvalue weighted by atomic mass is 9.87. The maximum absolute atomic E-state index is 11.4. The Hall–Kier alpha value is -2.70. The van der Waals surface area contributed by atoms with Gasteiger partial charge in [0.25, 0.3) is 0 Å². The number of amides is 1. The summed E-state index contributed by atoms with van der Waals surface area (Å²) < 4.78 is 5.73. The highest BCUT2D eigenvalue weighted by Gasteiger charge is 2.25. The van der Waals surface area contributed by atoms with E-state index in [4.69, 9.17) is 4.74 Å². The molecule has 2 aliphatic rings. The summed E-state index contributed by atoms with van der Waals surface area (Å²) in [6.45, 7) is 5.78. The summed E-state index contributed by atoms with van der Waals surface area (Å²) in [5, 5.41) is 4.73. The van der Waals surface area contributed by atoms with Gasteiger partial charge in [-0.25, -0.2) is 4.98 Å². The average Bonchev–Trinajstić information content (AvgIpc) is 3.13. The Balaban J connectivity index is 1.63. The van der Waals surface area contributed by atoms with Gasteiger partial charge in [-0.15, -0.1) is 0 Å². The molecule has 0 aliphatic carbocycles. The van der Waals surface area contributed by atoms with Crippen LogP contribution >= 0.6 is 0 Å². The Morgan fingerprint density at radius 2 is 2.21 bits per heavy atom. The van der Waals surface area contributed by atoms with Crippen molar-refractivity contribution in [1.29, 1.82) is 0 Å². The molecule has 6 nitrogen and oxygen atoms in total. The van der Waals surface area contributed by atoms with E-state index in [1.807, 2.05) is 17.3 Å². The first-order valence-corrected chi connectivity index (χ1v) is 9.83. The molecule has 1 fully saturated rings. The van der Waals surface area contributed by atoms with E-state index in [2.05, 4.69) is 40.4 Å². The van der Waals surface area contributed by atoms with Crippen molar-refractivity contribution in [3.05, 3.63) is 52.8 Å². The van der Waals surface area contributed by atoms with Crippen molar-refractivity contribution < 1.29 is 9.53 Å². The maximum atomic E-state index is 11.4. The fourth-order valence-corrected chi connectivity index (χ4v) is 4.34. The average molecular weight is 376 g/mol. The zero-order valence-corrected chi connectivity index (χ0v) is 16.0. The maximum Gasteiger partial charge on any atom is 0.210 e. The van der Waals surface area contributed by atoms with E-state index in [1.165, 1.54) is 27.8 Å². The van der Waals surface area contributed by atoms with E-state index in [0.29, 0.717) is 13.2 Å². The molecule has 2 aromatic heterocycles. The quantitative estimate of drug-likeness (QED) is 0.690. The van der Waals surface area contributed by atoms with Crippen molar-refractivity contribution in [3.63, 3.8) is 0 Å². The van der Waals surface area contributed by atoms with Crippen molar-refractivity contribution in [3.8, 4) is 11.1 Å². The van der Waals surface area contributed by atoms with Crippen LogP contribution in [0.3, 0.4) is 0 Å². The van der Waals surface area contributed by atoms with Crippen LogP contribution < -0.4 is 5.32 Å². The predicted octanol–water partition coefficient (Wildman–Crippen LogP) is 2.71. The number of H-pyrrole nitrogens is 1. The third-order valence-electron chi connectivity index (χ3n) is 5.92. The standard InChI is InChI=1S/C22H24N4O2/c1-14-9-24-22-18(14)8-17(10-25-22)16-6-15-2-4-26(13-27)11-20(15)19(7-16)21-12-28-5-3-23-21/h6-10,13,21,23H,2-5,11-12H2,1H3,(H,24,25)/t21-/m0/s1. The number of nitrogens with one attached hydrogen (secondary N) is 2. The minimum atomic E-state index is 0.153. The first-order valence-electron chi connectivity index (χ1n) is 9.83. The van der Waals surface area contributed by atoms with Crippen molar-refractivity contribution in [2.75, 3.05) is 26.3 Å². The minimum absolute atomic E-state index is 0.153. The normalized spacial score (nSPS) is 19.6. The van der Waals surface area contributed by atoms with Crippen molar-refractivity contribution >= 4 is 17.4 Å². The van der Waals surface area contributed by atoms with Crippen LogP contribution in [0.25, 0.3) is 22.2 Å². The molecule has 6 heteroatoms. The van der Waals surface area contributed by atoms with Crippen LogP contribution in [0.4, 0.5) is 0 Å². The fourth-order valence-electron chi connectivity index (χ4n) is 4.34. The summed E-state index contributed by atoms with van der Waals surface area (Å²) in [5.74, 6) is 0. The predicted molar refractivity (Wildman–Crippen MR) is 108 cm³/mol. The highest BCUT2D eigenvalue weighted by molar-refractivity contribution is 5.84. The van der Waals surface area contributed by atoms with Crippen molar-refractivity contribution in [2.24, 2.45) is 0 Å². The Morgan fingerprint density at radius 3 is 3.04 bits per heavy atom. The summed E-state index contributed by atoms with van der Waals surface area (Å²) in [4.78, 5) is 21.0. The van der Waals surface area contributed by atoms with E-state index < -0.39 is 0 Å². The van der Waals surface area contributed by atoms with Gasteiger partial charge in [-0.3, -0.25) is 4.79 Å². The number of benzene rings is 1. The van der Waals surface area contributed by atoms with E-state index in [0.717, 1.165) is 49.1 Å². The van der Waals surface area contributed by atoms with E-state index >= 15 is 0 Å². The molecule has 144 valence electrons. The number of aromatic amines is 1. The number of carbonyl (C=O) groups is 1. The number of hydrogen-bond acceptors (Lipinski definition) is 4. The van der Waals surface area contributed by atoms with Gasteiger partial charge in [-0.2, -0.15) is 0 Å². The highest BCUT2D eigenvalue weighted by Crippen LogP contribution is 2.34. The van der Waals surface area contributed by atoms with E-state index in [9.17, 15) is 4.79 Å². The number of carbonyl (C=O) groups excluding carboxylic acids is 1. The summed E-state index contributed by atoms with van der Waals surface area (Å²) in [6, 6.07) is 6.89. The third kappa shape index (κ3) is 2.99. The number of pyridine rings is 1. The molecule has 2 aliphatic heterocycles. The summed E-state index contributed by atoms with van der Waals surface area (Å²) >= 11 is 0. The molecule has 1 atom stereocenters. The molecule has 0 radical (unpaired) electrons. The Bertz CT molecular complexity index is 1040. The van der Waals surface area contributed by atoms with Crippen molar-refractivity contribution in [2.45, 2.75) is 25.9 Å². The number of hydrogen-bond donors (Lipinski definition) is 2. The molecule has 28 heavy (non-hydrogen) atoms. The third-order valence-corrected chi connectivity index (χ3v) is 5.92.